The zero-order valence-electron chi connectivity index (χ0n) is 13.0. The van der Waals surface area contributed by atoms with Crippen molar-refractivity contribution < 1.29 is 9.90 Å². The molecule has 4 rings (SSSR count). The van der Waals surface area contributed by atoms with Gasteiger partial charge in [-0.05, 0) is 29.3 Å². The van der Waals surface area contributed by atoms with Gasteiger partial charge in [-0.2, -0.15) is 0 Å². The molecule has 1 heterocycles. The first-order valence-corrected chi connectivity index (χ1v) is 7.98. The van der Waals surface area contributed by atoms with Crippen LogP contribution in [0.3, 0.4) is 0 Å². The molecule has 1 amide bonds. The minimum Gasteiger partial charge on any atom is -0.382 e. The van der Waals surface area contributed by atoms with Crippen molar-refractivity contribution in [2.75, 3.05) is 4.90 Å². The van der Waals surface area contributed by atoms with Crippen LogP contribution in [0.25, 0.3) is 0 Å². The van der Waals surface area contributed by atoms with Gasteiger partial charge in [0.15, 0.2) is 0 Å². The summed E-state index contributed by atoms with van der Waals surface area (Å²) in [7, 11) is 0. The number of nitrogens with zero attached hydrogens (tertiary/aromatic N) is 1. The number of hydrogen-bond acceptors (Lipinski definition) is 2. The molecule has 3 aromatic rings. The van der Waals surface area contributed by atoms with E-state index in [1.165, 1.54) is 0 Å². The maximum absolute atomic E-state index is 12.9. The van der Waals surface area contributed by atoms with Crippen molar-refractivity contribution >= 4 is 17.3 Å². The molecule has 24 heavy (non-hydrogen) atoms. The molecule has 1 aliphatic rings. The Balaban J connectivity index is 1.90. The van der Waals surface area contributed by atoms with Crippen LogP contribution in [-0.2, 0) is 4.79 Å². The van der Waals surface area contributed by atoms with Gasteiger partial charge in [-0.25, -0.2) is 0 Å². The van der Waals surface area contributed by atoms with Crippen molar-refractivity contribution in [2.24, 2.45) is 0 Å². The fourth-order valence-corrected chi connectivity index (χ4v) is 3.38. The minimum absolute atomic E-state index is 0.297. The summed E-state index contributed by atoms with van der Waals surface area (Å²) in [5, 5.41) is 10.8. The van der Waals surface area contributed by atoms with Crippen LogP contribution in [0.15, 0.2) is 84.9 Å². The molecule has 2 atom stereocenters. The summed E-state index contributed by atoms with van der Waals surface area (Å²) in [4.78, 5) is 14.6. The van der Waals surface area contributed by atoms with E-state index in [4.69, 9.17) is 0 Å². The van der Waals surface area contributed by atoms with Crippen molar-refractivity contribution in [1.29, 1.82) is 0 Å². The first-order chi connectivity index (χ1) is 11.8. The fourth-order valence-electron chi connectivity index (χ4n) is 3.38. The quantitative estimate of drug-likeness (QED) is 0.780. The number of amides is 1. The van der Waals surface area contributed by atoms with Gasteiger partial charge in [0, 0.05) is 11.6 Å². The molecule has 3 aromatic carbocycles. The first kappa shape index (κ1) is 14.7. The Bertz CT molecular complexity index is 861. The maximum Gasteiger partial charge on any atom is 0.261 e. The summed E-state index contributed by atoms with van der Waals surface area (Å²) < 4.78 is 0. The third kappa shape index (κ3) is 2.30. The van der Waals surface area contributed by atoms with Gasteiger partial charge in [0.1, 0.15) is 6.10 Å². The molecular formula is C21H17NO2. The third-order valence-electron chi connectivity index (χ3n) is 4.47. The van der Waals surface area contributed by atoms with Crippen LogP contribution >= 0.6 is 0 Å². The third-order valence-corrected chi connectivity index (χ3v) is 4.47. The molecule has 0 saturated carbocycles. The molecule has 3 heteroatoms. The summed E-state index contributed by atoms with van der Waals surface area (Å²) in [6.07, 6.45) is -1.11. The van der Waals surface area contributed by atoms with E-state index >= 15 is 0 Å². The summed E-state index contributed by atoms with van der Waals surface area (Å²) in [5.41, 5.74) is 3.49. The number of para-hydroxylation sites is 2. The number of fused-ring (bicyclic) bond motifs is 1. The molecule has 0 saturated heterocycles. The van der Waals surface area contributed by atoms with Crippen molar-refractivity contribution in [3.63, 3.8) is 0 Å². The number of hydrogen-bond donors (Lipinski definition) is 1. The lowest BCUT2D eigenvalue weighted by Crippen LogP contribution is -2.44. The molecular weight excluding hydrogens is 298 g/mol. The van der Waals surface area contributed by atoms with Crippen molar-refractivity contribution in [3.05, 3.63) is 96.1 Å². The van der Waals surface area contributed by atoms with Crippen LogP contribution in [0.1, 0.15) is 17.0 Å². The largest absolute Gasteiger partial charge is 0.382 e. The topological polar surface area (TPSA) is 40.5 Å². The summed E-state index contributed by atoms with van der Waals surface area (Å²) in [6.45, 7) is 0. The van der Waals surface area contributed by atoms with Crippen LogP contribution in [0, 0.1) is 0 Å². The standard InChI is InChI=1S/C21H17NO2/c23-20-19(15-9-3-1-4-10-15)17-13-7-8-14-18(17)22(21(20)24)16-11-5-2-6-12-16/h1-14,19-20,23H. The Labute approximate surface area is 140 Å². The molecule has 0 aromatic heterocycles. The highest BCUT2D eigenvalue weighted by molar-refractivity contribution is 6.06. The van der Waals surface area contributed by atoms with Crippen molar-refractivity contribution in [1.82, 2.24) is 0 Å². The number of rotatable bonds is 2. The molecule has 2 unspecified atom stereocenters. The van der Waals surface area contributed by atoms with E-state index < -0.39 is 6.10 Å². The molecule has 0 fully saturated rings. The van der Waals surface area contributed by atoms with Crippen LogP contribution in [0.4, 0.5) is 11.4 Å². The molecule has 0 aliphatic carbocycles. The van der Waals surface area contributed by atoms with E-state index in [0.29, 0.717) is 0 Å². The summed E-state index contributed by atoms with van der Waals surface area (Å²) >= 11 is 0. The van der Waals surface area contributed by atoms with Crippen molar-refractivity contribution in [2.45, 2.75) is 12.0 Å². The van der Waals surface area contributed by atoms with Gasteiger partial charge in [-0.15, -0.1) is 0 Å². The zero-order chi connectivity index (χ0) is 16.5. The highest BCUT2D eigenvalue weighted by atomic mass is 16.3. The molecule has 118 valence electrons. The predicted molar refractivity (Wildman–Crippen MR) is 94.3 cm³/mol. The SMILES string of the molecule is O=C1C(O)C(c2ccccc2)c2ccccc2N1c1ccccc1. The number of aliphatic hydroxyl groups excluding tert-OH is 1. The van der Waals surface area contributed by atoms with Gasteiger partial charge in [0.2, 0.25) is 0 Å². The summed E-state index contributed by atoms with van der Waals surface area (Å²) in [5.74, 6) is -0.649. The Morgan fingerprint density at radius 2 is 1.33 bits per heavy atom. The van der Waals surface area contributed by atoms with Gasteiger partial charge >= 0.3 is 0 Å². The molecule has 0 bridgehead atoms. The normalized spacial score (nSPS) is 19.9. The Kier molecular flexibility index (Phi) is 3.63. The number of carbonyl (C=O) groups excluding carboxylic acids is 1. The second-order valence-corrected chi connectivity index (χ2v) is 5.90. The Morgan fingerprint density at radius 1 is 0.750 bits per heavy atom. The van der Waals surface area contributed by atoms with Crippen LogP contribution in [0.2, 0.25) is 0 Å². The van der Waals surface area contributed by atoms with Gasteiger partial charge < -0.3 is 5.11 Å². The lowest BCUT2D eigenvalue weighted by Gasteiger charge is -2.37. The van der Waals surface area contributed by atoms with Crippen LogP contribution < -0.4 is 4.90 Å². The summed E-state index contributed by atoms with van der Waals surface area (Å²) in [6, 6.07) is 26.9. The maximum atomic E-state index is 12.9. The number of carbonyl (C=O) groups is 1. The van der Waals surface area contributed by atoms with E-state index in [0.717, 1.165) is 22.5 Å². The van der Waals surface area contributed by atoms with Gasteiger partial charge in [0.25, 0.3) is 5.91 Å². The lowest BCUT2D eigenvalue weighted by molar-refractivity contribution is -0.127. The second kappa shape index (κ2) is 5.95. The minimum atomic E-state index is -1.11. The Morgan fingerprint density at radius 3 is 2.04 bits per heavy atom. The molecule has 0 radical (unpaired) electrons. The van der Waals surface area contributed by atoms with Gasteiger partial charge in [-0.1, -0.05) is 66.7 Å². The van der Waals surface area contributed by atoms with E-state index in [-0.39, 0.29) is 11.8 Å². The predicted octanol–water partition coefficient (Wildman–Crippen LogP) is 3.86. The smallest absolute Gasteiger partial charge is 0.261 e. The number of benzene rings is 3. The number of anilines is 2. The second-order valence-electron chi connectivity index (χ2n) is 5.90. The van der Waals surface area contributed by atoms with Gasteiger partial charge in [-0.3, -0.25) is 9.69 Å². The highest BCUT2D eigenvalue weighted by Crippen LogP contribution is 2.42. The van der Waals surface area contributed by atoms with Crippen LogP contribution in [-0.4, -0.2) is 17.1 Å². The molecule has 1 aliphatic heterocycles. The average molecular weight is 315 g/mol. The zero-order valence-corrected chi connectivity index (χ0v) is 13.0. The highest BCUT2D eigenvalue weighted by Gasteiger charge is 2.40. The molecule has 3 nitrogen and oxygen atoms in total. The van der Waals surface area contributed by atoms with E-state index in [1.807, 2.05) is 84.9 Å². The lowest BCUT2D eigenvalue weighted by atomic mass is 9.82. The van der Waals surface area contributed by atoms with E-state index in [1.54, 1.807) is 4.90 Å². The van der Waals surface area contributed by atoms with E-state index in [2.05, 4.69) is 0 Å². The van der Waals surface area contributed by atoms with Crippen molar-refractivity contribution in [3.8, 4) is 0 Å². The van der Waals surface area contributed by atoms with Gasteiger partial charge in [0.05, 0.1) is 5.69 Å². The van der Waals surface area contributed by atoms with Crippen LogP contribution in [0.5, 0.6) is 0 Å². The monoisotopic (exact) mass is 315 g/mol. The fraction of sp³-hybridized carbons (Fsp3) is 0.0952. The Hall–Kier alpha value is -2.91. The molecule has 1 N–H and O–H groups in total. The average Bonchev–Trinajstić information content (AvgIpc) is 2.64. The molecule has 0 spiro atoms. The van der Waals surface area contributed by atoms with E-state index in [9.17, 15) is 9.90 Å². The first-order valence-electron chi connectivity index (χ1n) is 7.98. The number of aliphatic hydroxyl groups is 1.